The van der Waals surface area contributed by atoms with Gasteiger partial charge in [-0.3, -0.25) is 4.79 Å². The largest absolute Gasteiger partial charge is 0.477 e. The van der Waals surface area contributed by atoms with Gasteiger partial charge in [0.15, 0.2) is 4.34 Å². The second-order valence-electron chi connectivity index (χ2n) is 7.81. The van der Waals surface area contributed by atoms with E-state index in [0.717, 1.165) is 41.9 Å². The van der Waals surface area contributed by atoms with E-state index in [0.29, 0.717) is 14.8 Å². The van der Waals surface area contributed by atoms with Crippen LogP contribution in [0.1, 0.15) is 80.1 Å². The minimum Gasteiger partial charge on any atom is -0.477 e. The number of nitrogens with one attached hydrogen (secondary N) is 1. The Labute approximate surface area is 194 Å². The van der Waals surface area contributed by atoms with E-state index in [2.05, 4.69) is 22.1 Å². The Morgan fingerprint density at radius 3 is 2.47 bits per heavy atom. The van der Waals surface area contributed by atoms with Crippen molar-refractivity contribution >= 4 is 40.0 Å². The molecule has 0 radical (unpaired) electrons. The highest BCUT2D eigenvalue weighted by atomic mass is 32.2. The fourth-order valence-corrected chi connectivity index (χ4v) is 5.46. The topological polar surface area (TPSA) is 95.9 Å². The van der Waals surface area contributed by atoms with Gasteiger partial charge >= 0.3 is 5.97 Å². The Balaban J connectivity index is 1.53. The van der Waals surface area contributed by atoms with Gasteiger partial charge in [-0.25, -0.2) is 9.18 Å². The molecule has 172 valence electrons. The van der Waals surface area contributed by atoms with Gasteiger partial charge in [0.2, 0.25) is 5.43 Å². The van der Waals surface area contributed by atoms with Gasteiger partial charge < -0.3 is 10.1 Å². The summed E-state index contributed by atoms with van der Waals surface area (Å²) in [4.78, 5) is 26.4. The molecule has 2 heterocycles. The van der Waals surface area contributed by atoms with Crippen molar-refractivity contribution in [3.63, 3.8) is 0 Å². The number of benzene rings is 1. The van der Waals surface area contributed by atoms with Crippen LogP contribution in [-0.2, 0) is 6.42 Å². The van der Waals surface area contributed by atoms with Gasteiger partial charge in [0, 0.05) is 18.0 Å². The first-order valence-electron chi connectivity index (χ1n) is 11.1. The predicted octanol–water partition coefficient (Wildman–Crippen LogP) is 6.44. The van der Waals surface area contributed by atoms with Crippen LogP contribution in [0, 0.1) is 5.82 Å². The maximum atomic E-state index is 14.6. The molecule has 2 N–H and O–H groups in total. The average Bonchev–Trinajstić information content (AvgIpc) is 3.21. The SMILES string of the molecule is CCCCCCCCCCCc1nnc(Sc2cc3[nH]cc(C(=O)O)c(=O)c3cc2F)s1. The first-order chi connectivity index (χ1) is 15.5. The van der Waals surface area contributed by atoms with E-state index in [1.807, 2.05) is 0 Å². The summed E-state index contributed by atoms with van der Waals surface area (Å²) < 4.78 is 15.2. The average molecular weight is 478 g/mol. The third kappa shape index (κ3) is 6.62. The Kier molecular flexibility index (Phi) is 9.23. The van der Waals surface area contributed by atoms with Crippen molar-refractivity contribution in [2.75, 3.05) is 0 Å². The molecule has 6 nitrogen and oxygen atoms in total. The van der Waals surface area contributed by atoms with Crippen LogP contribution in [-0.4, -0.2) is 26.3 Å². The summed E-state index contributed by atoms with van der Waals surface area (Å²) in [5.74, 6) is -1.94. The summed E-state index contributed by atoms with van der Waals surface area (Å²) in [5, 5.41) is 18.4. The van der Waals surface area contributed by atoms with Gasteiger partial charge in [0.25, 0.3) is 0 Å². The number of nitrogens with zero attached hydrogens (tertiary/aromatic N) is 2. The lowest BCUT2D eigenvalue weighted by molar-refractivity contribution is 0.0695. The number of H-pyrrole nitrogens is 1. The van der Waals surface area contributed by atoms with Gasteiger partial charge in [-0.1, -0.05) is 81.4 Å². The summed E-state index contributed by atoms with van der Waals surface area (Å²) in [6.45, 7) is 2.23. The van der Waals surface area contributed by atoms with Crippen LogP contribution in [0.15, 0.2) is 32.4 Å². The normalized spacial score (nSPS) is 11.3. The van der Waals surface area contributed by atoms with Crippen LogP contribution in [0.25, 0.3) is 10.9 Å². The molecular formula is C23H28FN3O3S2. The fourth-order valence-electron chi connectivity index (χ4n) is 3.52. The first-order valence-corrected chi connectivity index (χ1v) is 12.7. The molecule has 0 unspecified atom stereocenters. The molecule has 9 heteroatoms. The number of hydrogen-bond donors (Lipinski definition) is 2. The molecule has 0 fully saturated rings. The van der Waals surface area contributed by atoms with Crippen molar-refractivity contribution in [2.45, 2.75) is 80.4 Å². The second-order valence-corrected chi connectivity index (χ2v) is 10.2. The highest BCUT2D eigenvalue weighted by molar-refractivity contribution is 8.01. The summed E-state index contributed by atoms with van der Waals surface area (Å²) in [6.07, 6.45) is 13.4. The number of carboxylic acid groups (broad SMARTS) is 1. The molecular weight excluding hydrogens is 449 g/mol. The standard InChI is InChI=1S/C23H28FN3O3S2/c1-2-3-4-5-6-7-8-9-10-11-20-26-27-23(32-20)31-19-13-18-15(12-17(19)24)21(28)16(14-25-18)22(29)30/h12-14H,2-11H2,1H3,(H,25,28)(H,29,30). The molecule has 1 aromatic carbocycles. The number of rotatable bonds is 13. The smallest absolute Gasteiger partial charge is 0.341 e. The van der Waals surface area contributed by atoms with Crippen LogP contribution >= 0.6 is 23.1 Å². The fraction of sp³-hybridized carbons (Fsp3) is 0.478. The van der Waals surface area contributed by atoms with E-state index in [1.54, 1.807) is 0 Å². The zero-order chi connectivity index (χ0) is 22.9. The van der Waals surface area contributed by atoms with Crippen LogP contribution in [0.3, 0.4) is 0 Å². The quantitative estimate of drug-likeness (QED) is 0.275. The Morgan fingerprint density at radius 2 is 1.78 bits per heavy atom. The first kappa shape index (κ1) is 24.4. The minimum absolute atomic E-state index is 0.00932. The molecule has 0 atom stereocenters. The number of pyridine rings is 1. The molecule has 0 saturated heterocycles. The molecule has 32 heavy (non-hydrogen) atoms. The number of hydrogen-bond acceptors (Lipinski definition) is 6. The highest BCUT2D eigenvalue weighted by Gasteiger charge is 2.16. The van der Waals surface area contributed by atoms with Crippen molar-refractivity contribution in [3.8, 4) is 0 Å². The monoisotopic (exact) mass is 477 g/mol. The van der Waals surface area contributed by atoms with Gasteiger partial charge in [0.05, 0.1) is 10.4 Å². The number of carboxylic acids is 1. The molecule has 0 aliphatic rings. The molecule has 0 saturated carbocycles. The van der Waals surface area contributed by atoms with Crippen molar-refractivity contribution in [3.05, 3.63) is 44.9 Å². The van der Waals surface area contributed by atoms with Crippen LogP contribution in [0.4, 0.5) is 4.39 Å². The number of aromatic amines is 1. The van der Waals surface area contributed by atoms with Crippen molar-refractivity contribution in [1.29, 1.82) is 0 Å². The second kappa shape index (κ2) is 12.1. The molecule has 0 spiro atoms. The minimum atomic E-state index is -1.35. The number of carbonyl (C=O) groups is 1. The summed E-state index contributed by atoms with van der Waals surface area (Å²) in [5.41, 5.74) is -0.744. The maximum Gasteiger partial charge on any atom is 0.341 e. The number of halogens is 1. The number of aromatic carboxylic acids is 1. The third-order valence-corrected chi connectivity index (χ3v) is 7.37. The molecule has 2 aromatic heterocycles. The molecule has 3 aromatic rings. The number of fused-ring (bicyclic) bond motifs is 1. The van der Waals surface area contributed by atoms with Crippen LogP contribution < -0.4 is 5.43 Å². The zero-order valence-corrected chi connectivity index (χ0v) is 19.8. The molecule has 0 aliphatic heterocycles. The van der Waals surface area contributed by atoms with Crippen molar-refractivity contribution in [1.82, 2.24) is 15.2 Å². The lowest BCUT2D eigenvalue weighted by Gasteiger charge is -2.04. The Bertz CT molecular complexity index is 1110. The predicted molar refractivity (Wildman–Crippen MR) is 126 cm³/mol. The number of aromatic nitrogens is 3. The van der Waals surface area contributed by atoms with E-state index < -0.39 is 22.8 Å². The molecule has 0 bridgehead atoms. The van der Waals surface area contributed by atoms with E-state index in [4.69, 9.17) is 5.11 Å². The molecule has 0 aliphatic carbocycles. The number of unbranched alkanes of at least 4 members (excludes halogenated alkanes) is 8. The van der Waals surface area contributed by atoms with Crippen molar-refractivity contribution in [2.24, 2.45) is 0 Å². The molecule has 3 rings (SSSR count). The van der Waals surface area contributed by atoms with Gasteiger partial charge in [-0.15, -0.1) is 10.2 Å². The highest BCUT2D eigenvalue weighted by Crippen LogP contribution is 2.33. The Morgan fingerprint density at radius 1 is 1.09 bits per heavy atom. The van der Waals surface area contributed by atoms with Crippen molar-refractivity contribution < 1.29 is 14.3 Å². The Hall–Kier alpha value is -2.26. The summed E-state index contributed by atoms with van der Waals surface area (Å²) in [6, 6.07) is 2.58. The maximum absolute atomic E-state index is 14.6. The van der Waals surface area contributed by atoms with Crippen LogP contribution in [0.5, 0.6) is 0 Å². The summed E-state index contributed by atoms with van der Waals surface area (Å²) in [7, 11) is 0. The van der Waals surface area contributed by atoms with E-state index in [9.17, 15) is 14.0 Å². The van der Waals surface area contributed by atoms with E-state index in [-0.39, 0.29) is 5.39 Å². The third-order valence-electron chi connectivity index (χ3n) is 5.30. The summed E-state index contributed by atoms with van der Waals surface area (Å²) >= 11 is 2.61. The molecule has 0 amide bonds. The van der Waals surface area contributed by atoms with E-state index >= 15 is 0 Å². The van der Waals surface area contributed by atoms with Crippen LogP contribution in [0.2, 0.25) is 0 Å². The lowest BCUT2D eigenvalue weighted by atomic mass is 10.1. The van der Waals surface area contributed by atoms with Gasteiger partial charge in [-0.05, 0) is 18.6 Å². The lowest BCUT2D eigenvalue weighted by Crippen LogP contribution is -2.15. The number of aryl methyl sites for hydroxylation is 1. The zero-order valence-electron chi connectivity index (χ0n) is 18.2. The van der Waals surface area contributed by atoms with Gasteiger partial charge in [0.1, 0.15) is 16.4 Å². The van der Waals surface area contributed by atoms with E-state index in [1.165, 1.54) is 68.8 Å². The van der Waals surface area contributed by atoms with Gasteiger partial charge in [-0.2, -0.15) is 0 Å².